The van der Waals surface area contributed by atoms with Gasteiger partial charge >= 0.3 is 0 Å². The van der Waals surface area contributed by atoms with Crippen molar-refractivity contribution in [1.82, 2.24) is 15.1 Å². The summed E-state index contributed by atoms with van der Waals surface area (Å²) < 4.78 is 5.67. The van der Waals surface area contributed by atoms with Gasteiger partial charge in [0, 0.05) is 52.1 Å². The van der Waals surface area contributed by atoms with Crippen molar-refractivity contribution in [3.8, 4) is 0 Å². The average molecular weight is 255 g/mol. The minimum absolute atomic E-state index is 0.872. The molecule has 0 aromatic heterocycles. The van der Waals surface area contributed by atoms with Gasteiger partial charge in [0.25, 0.3) is 0 Å². The number of nitrogens with one attached hydrogen (secondary N) is 1. The Balaban J connectivity index is 1.85. The summed E-state index contributed by atoms with van der Waals surface area (Å²) in [6.45, 7) is 11.5. The number of unbranched alkanes of at least 4 members (excludes halogenated alkanes) is 1. The van der Waals surface area contributed by atoms with E-state index in [9.17, 15) is 0 Å². The molecule has 0 amide bonds. The highest BCUT2D eigenvalue weighted by atomic mass is 16.5. The zero-order valence-electron chi connectivity index (χ0n) is 12.1. The number of ether oxygens (including phenoxy) is 1. The second kappa shape index (κ2) is 9.36. The molecule has 1 rings (SSSR count). The van der Waals surface area contributed by atoms with E-state index in [-0.39, 0.29) is 0 Å². The fraction of sp³-hybridized carbons (Fsp3) is 0.857. The first-order valence-corrected chi connectivity index (χ1v) is 7.06. The van der Waals surface area contributed by atoms with Crippen LogP contribution in [-0.4, -0.2) is 69.8 Å². The topological polar surface area (TPSA) is 27.7 Å². The first-order valence-electron chi connectivity index (χ1n) is 7.06. The Bertz CT molecular complexity index is 225. The lowest BCUT2D eigenvalue weighted by Crippen LogP contribution is -2.45. The van der Waals surface area contributed by atoms with Crippen LogP contribution in [0.5, 0.6) is 0 Å². The van der Waals surface area contributed by atoms with Crippen molar-refractivity contribution in [2.75, 3.05) is 60.0 Å². The molecule has 106 valence electrons. The van der Waals surface area contributed by atoms with Crippen LogP contribution >= 0.6 is 0 Å². The highest BCUT2D eigenvalue weighted by Gasteiger charge is 2.12. The van der Waals surface area contributed by atoms with Crippen LogP contribution in [-0.2, 0) is 4.74 Å². The van der Waals surface area contributed by atoms with Crippen LogP contribution in [0.3, 0.4) is 0 Å². The van der Waals surface area contributed by atoms with Gasteiger partial charge in [-0.1, -0.05) is 6.58 Å². The van der Waals surface area contributed by atoms with Crippen LogP contribution in [0.25, 0.3) is 0 Å². The molecule has 0 unspecified atom stereocenters. The van der Waals surface area contributed by atoms with Gasteiger partial charge in [0.2, 0.25) is 0 Å². The molecule has 0 radical (unpaired) electrons. The van der Waals surface area contributed by atoms with Crippen molar-refractivity contribution in [1.29, 1.82) is 0 Å². The highest BCUT2D eigenvalue weighted by Crippen LogP contribution is 2.02. The largest absolute Gasteiger partial charge is 0.392 e. The Morgan fingerprint density at radius 2 is 1.89 bits per heavy atom. The molecule has 1 aliphatic heterocycles. The van der Waals surface area contributed by atoms with Gasteiger partial charge in [-0.2, -0.15) is 0 Å². The summed E-state index contributed by atoms with van der Waals surface area (Å²) in [6.07, 6.45) is 3.34. The molecule has 1 fully saturated rings. The Morgan fingerprint density at radius 3 is 2.56 bits per heavy atom. The Hall–Kier alpha value is -0.580. The zero-order chi connectivity index (χ0) is 13.2. The number of allylic oxidation sites excluding steroid dienone is 1. The number of nitrogens with zero attached hydrogens (tertiary/aromatic N) is 2. The third-order valence-electron chi connectivity index (χ3n) is 3.52. The second-order valence-corrected chi connectivity index (χ2v) is 5.07. The third kappa shape index (κ3) is 6.99. The fourth-order valence-electron chi connectivity index (χ4n) is 2.03. The zero-order valence-corrected chi connectivity index (χ0v) is 12.1. The number of piperazine rings is 1. The summed E-state index contributed by atoms with van der Waals surface area (Å²) in [5.41, 5.74) is 1.12. The second-order valence-electron chi connectivity index (χ2n) is 5.07. The summed E-state index contributed by atoms with van der Waals surface area (Å²) in [5, 5.41) is 3.07. The molecule has 1 aliphatic rings. The third-order valence-corrected chi connectivity index (χ3v) is 3.52. The molecule has 0 aliphatic carbocycles. The summed E-state index contributed by atoms with van der Waals surface area (Å²) in [7, 11) is 4.11. The van der Waals surface area contributed by atoms with Crippen LogP contribution < -0.4 is 5.32 Å². The first kappa shape index (κ1) is 15.5. The molecule has 1 heterocycles. The molecule has 0 bridgehead atoms. The van der Waals surface area contributed by atoms with E-state index in [0.29, 0.717) is 0 Å². The van der Waals surface area contributed by atoms with Gasteiger partial charge in [-0.15, -0.1) is 0 Å². The van der Waals surface area contributed by atoms with Gasteiger partial charge in [0.1, 0.15) is 0 Å². The Morgan fingerprint density at radius 1 is 1.17 bits per heavy atom. The molecule has 4 heteroatoms. The van der Waals surface area contributed by atoms with E-state index >= 15 is 0 Å². The SMILES string of the molecule is C=C(CCCCOCCN1CCN(C)CC1)NC. The summed E-state index contributed by atoms with van der Waals surface area (Å²) in [4.78, 5) is 4.87. The molecule has 18 heavy (non-hydrogen) atoms. The summed E-state index contributed by atoms with van der Waals surface area (Å²) in [6, 6.07) is 0. The predicted octanol–water partition coefficient (Wildman–Crippen LogP) is 1.15. The molecule has 0 aromatic rings. The molecular weight excluding hydrogens is 226 g/mol. The van der Waals surface area contributed by atoms with Crippen molar-refractivity contribution >= 4 is 0 Å². The number of likely N-dealkylation sites (N-methyl/N-ethyl adjacent to an activating group) is 1. The smallest absolute Gasteiger partial charge is 0.0593 e. The van der Waals surface area contributed by atoms with E-state index in [1.165, 1.54) is 26.2 Å². The molecule has 0 spiro atoms. The number of hydrogen-bond acceptors (Lipinski definition) is 4. The maximum absolute atomic E-state index is 5.67. The van der Waals surface area contributed by atoms with Crippen LogP contribution in [0, 0.1) is 0 Å². The van der Waals surface area contributed by atoms with Crippen LogP contribution in [0.15, 0.2) is 12.3 Å². The lowest BCUT2D eigenvalue weighted by atomic mass is 10.2. The van der Waals surface area contributed by atoms with Crippen LogP contribution in [0.1, 0.15) is 19.3 Å². The lowest BCUT2D eigenvalue weighted by molar-refractivity contribution is 0.0802. The van der Waals surface area contributed by atoms with Crippen molar-refractivity contribution in [3.63, 3.8) is 0 Å². The van der Waals surface area contributed by atoms with Crippen LogP contribution in [0.2, 0.25) is 0 Å². The maximum atomic E-state index is 5.67. The summed E-state index contributed by atoms with van der Waals surface area (Å²) in [5.74, 6) is 0. The van der Waals surface area contributed by atoms with E-state index in [2.05, 4.69) is 28.7 Å². The van der Waals surface area contributed by atoms with Gasteiger partial charge in [-0.25, -0.2) is 0 Å². The van der Waals surface area contributed by atoms with E-state index in [4.69, 9.17) is 4.74 Å². The molecule has 4 nitrogen and oxygen atoms in total. The monoisotopic (exact) mass is 255 g/mol. The molecule has 0 aromatic carbocycles. The van der Waals surface area contributed by atoms with Gasteiger partial charge in [0.15, 0.2) is 0 Å². The molecule has 1 N–H and O–H groups in total. The van der Waals surface area contributed by atoms with E-state index in [0.717, 1.165) is 44.7 Å². The highest BCUT2D eigenvalue weighted by molar-refractivity contribution is 4.88. The molecule has 0 atom stereocenters. The summed E-state index contributed by atoms with van der Waals surface area (Å²) >= 11 is 0. The quantitative estimate of drug-likeness (QED) is 0.626. The number of hydrogen-bond donors (Lipinski definition) is 1. The Kier molecular flexibility index (Phi) is 8.05. The van der Waals surface area contributed by atoms with Crippen LogP contribution in [0.4, 0.5) is 0 Å². The normalized spacial score (nSPS) is 17.9. The fourth-order valence-corrected chi connectivity index (χ4v) is 2.03. The van der Waals surface area contributed by atoms with Crippen molar-refractivity contribution in [3.05, 3.63) is 12.3 Å². The average Bonchev–Trinajstić information content (AvgIpc) is 2.39. The minimum atomic E-state index is 0.872. The molecule has 0 saturated carbocycles. The maximum Gasteiger partial charge on any atom is 0.0593 e. The predicted molar refractivity (Wildman–Crippen MR) is 76.8 cm³/mol. The lowest BCUT2D eigenvalue weighted by Gasteiger charge is -2.32. The Labute approximate surface area is 112 Å². The van der Waals surface area contributed by atoms with Crippen molar-refractivity contribution in [2.24, 2.45) is 0 Å². The standard InChI is InChI=1S/C14H29N3O/c1-14(15-2)6-4-5-12-18-13-11-17-9-7-16(3)8-10-17/h15H,1,4-13H2,2-3H3. The van der Waals surface area contributed by atoms with Gasteiger partial charge in [-0.05, 0) is 26.3 Å². The van der Waals surface area contributed by atoms with Crippen molar-refractivity contribution < 1.29 is 4.74 Å². The molecular formula is C14H29N3O. The van der Waals surface area contributed by atoms with E-state index in [1.54, 1.807) is 0 Å². The van der Waals surface area contributed by atoms with Gasteiger partial charge in [0.05, 0.1) is 6.61 Å². The van der Waals surface area contributed by atoms with Gasteiger partial charge in [-0.3, -0.25) is 4.90 Å². The first-order chi connectivity index (χ1) is 8.72. The molecule has 1 saturated heterocycles. The number of rotatable bonds is 9. The van der Waals surface area contributed by atoms with Crippen molar-refractivity contribution in [2.45, 2.75) is 19.3 Å². The van der Waals surface area contributed by atoms with E-state index < -0.39 is 0 Å². The van der Waals surface area contributed by atoms with Gasteiger partial charge < -0.3 is 15.0 Å². The van der Waals surface area contributed by atoms with E-state index in [1.807, 2.05) is 7.05 Å². The minimum Gasteiger partial charge on any atom is -0.392 e.